The number of ether oxygens (including phenoxy) is 2. The van der Waals surface area contributed by atoms with E-state index >= 15 is 0 Å². The number of fused-ring (bicyclic) bond motifs is 1. The van der Waals surface area contributed by atoms with Crippen LogP contribution in [-0.2, 0) is 11.2 Å². The number of carbonyl (C=O) groups excluding carboxylic acids is 2. The molecule has 0 spiro atoms. The number of carboxylic acids is 1. The Morgan fingerprint density at radius 1 is 1.20 bits per heavy atom. The van der Waals surface area contributed by atoms with Gasteiger partial charge in [0, 0.05) is 11.6 Å². The van der Waals surface area contributed by atoms with Gasteiger partial charge in [-0.05, 0) is 29.1 Å². The molecular weight excluding hydrogens is 511 g/mol. The topological polar surface area (TPSA) is 93.1 Å². The van der Waals surface area contributed by atoms with Crippen molar-refractivity contribution in [2.45, 2.75) is 18.7 Å². The summed E-state index contributed by atoms with van der Waals surface area (Å²) < 4.78 is 52.1. The number of hydrogen-bond acceptors (Lipinski definition) is 6. The second-order valence-corrected chi connectivity index (χ2v) is 8.66. The molecule has 1 aromatic heterocycles. The van der Waals surface area contributed by atoms with Crippen LogP contribution < -0.4 is 14.4 Å². The van der Waals surface area contributed by atoms with Crippen molar-refractivity contribution < 1.29 is 42.1 Å². The van der Waals surface area contributed by atoms with Gasteiger partial charge in [0.2, 0.25) is 12.0 Å². The van der Waals surface area contributed by atoms with Crippen LogP contribution in [0.1, 0.15) is 37.3 Å². The maximum Gasteiger partial charge on any atom is 0.429 e. The van der Waals surface area contributed by atoms with Gasteiger partial charge in [0.1, 0.15) is 16.4 Å². The molecule has 1 unspecified atom stereocenters. The highest BCUT2D eigenvalue weighted by Crippen LogP contribution is 2.42. The van der Waals surface area contributed by atoms with Crippen LogP contribution >= 0.6 is 22.9 Å². The van der Waals surface area contributed by atoms with E-state index in [2.05, 4.69) is 0 Å². The van der Waals surface area contributed by atoms with Crippen molar-refractivity contribution >= 4 is 46.4 Å². The number of anilines is 1. The zero-order valence-corrected chi connectivity index (χ0v) is 19.3. The van der Waals surface area contributed by atoms with Crippen molar-refractivity contribution in [3.05, 3.63) is 74.4 Å². The van der Waals surface area contributed by atoms with Crippen LogP contribution in [0.15, 0.2) is 47.8 Å². The number of amides is 2. The number of nitrogens with zero attached hydrogens (tertiary/aromatic N) is 1. The Morgan fingerprint density at radius 2 is 1.91 bits per heavy atom. The predicted molar refractivity (Wildman–Crippen MR) is 121 cm³/mol. The summed E-state index contributed by atoms with van der Waals surface area (Å²) in [5.74, 6) is -3.37. The molecule has 182 valence electrons. The van der Waals surface area contributed by atoms with E-state index in [1.54, 1.807) is 0 Å². The van der Waals surface area contributed by atoms with Crippen molar-refractivity contribution in [3.63, 3.8) is 0 Å². The third-order valence-corrected chi connectivity index (χ3v) is 6.54. The van der Waals surface area contributed by atoms with Crippen LogP contribution in [0.3, 0.4) is 0 Å². The van der Waals surface area contributed by atoms with Crippen molar-refractivity contribution in [2.24, 2.45) is 0 Å². The fraction of sp³-hybridized carbons (Fsp3) is 0.174. The molecule has 0 saturated carbocycles. The van der Waals surface area contributed by atoms with Gasteiger partial charge in [-0.1, -0.05) is 29.8 Å². The van der Waals surface area contributed by atoms with Gasteiger partial charge < -0.3 is 14.6 Å². The average Bonchev–Trinajstić information content (AvgIpc) is 3.23. The van der Waals surface area contributed by atoms with Crippen LogP contribution in [0.25, 0.3) is 0 Å². The molecule has 0 fully saturated rings. The number of hydrogen-bond donors (Lipinski definition) is 1. The van der Waals surface area contributed by atoms with Gasteiger partial charge in [-0.15, -0.1) is 11.3 Å². The first kappa shape index (κ1) is 24.6. The lowest BCUT2D eigenvalue weighted by Gasteiger charge is -2.28. The molecule has 2 heterocycles. The van der Waals surface area contributed by atoms with Crippen LogP contribution in [0.2, 0.25) is 5.02 Å². The minimum absolute atomic E-state index is 0.0448. The Balaban J connectivity index is 1.75. The first-order chi connectivity index (χ1) is 16.5. The lowest BCUT2D eigenvalue weighted by molar-refractivity contribution is -0.198. The SMILES string of the molecule is COc1ccccc1C(Oc1ccc(Cl)c(N2C(=O)Cc3csc(C(=O)O)c3C2=O)c1)C(F)(F)F. The van der Waals surface area contributed by atoms with E-state index in [-0.39, 0.29) is 50.2 Å². The van der Waals surface area contributed by atoms with Crippen molar-refractivity contribution in [1.29, 1.82) is 0 Å². The molecule has 1 aliphatic rings. The number of alkyl halides is 3. The minimum atomic E-state index is -4.84. The predicted octanol–water partition coefficient (Wildman–Crippen LogP) is 5.52. The average molecular weight is 526 g/mol. The molecule has 2 amide bonds. The summed E-state index contributed by atoms with van der Waals surface area (Å²) >= 11 is 7.00. The molecule has 0 bridgehead atoms. The Morgan fingerprint density at radius 3 is 2.57 bits per heavy atom. The van der Waals surface area contributed by atoms with Gasteiger partial charge in [0.15, 0.2) is 0 Å². The number of aromatic carboxylic acids is 1. The maximum absolute atomic E-state index is 13.9. The smallest absolute Gasteiger partial charge is 0.429 e. The number of methoxy groups -OCH3 is 1. The fourth-order valence-corrected chi connectivity index (χ4v) is 4.79. The lowest BCUT2D eigenvalue weighted by Crippen LogP contribution is -2.42. The van der Waals surface area contributed by atoms with Gasteiger partial charge >= 0.3 is 12.1 Å². The second kappa shape index (κ2) is 9.23. The third kappa shape index (κ3) is 4.56. The molecule has 0 saturated heterocycles. The molecule has 0 aliphatic carbocycles. The number of halogens is 4. The summed E-state index contributed by atoms with van der Waals surface area (Å²) in [4.78, 5) is 37.8. The zero-order valence-electron chi connectivity index (χ0n) is 17.8. The minimum Gasteiger partial charge on any atom is -0.496 e. The van der Waals surface area contributed by atoms with E-state index in [1.165, 1.54) is 42.8 Å². The highest BCUT2D eigenvalue weighted by molar-refractivity contribution is 7.12. The number of thiophene rings is 1. The molecule has 35 heavy (non-hydrogen) atoms. The second-order valence-electron chi connectivity index (χ2n) is 7.38. The number of carbonyl (C=O) groups is 3. The highest BCUT2D eigenvalue weighted by Gasteiger charge is 2.45. The van der Waals surface area contributed by atoms with Gasteiger partial charge in [0.25, 0.3) is 5.91 Å². The maximum atomic E-state index is 13.9. The Hall–Kier alpha value is -3.57. The van der Waals surface area contributed by atoms with Gasteiger partial charge in [-0.2, -0.15) is 13.2 Å². The number of para-hydroxylation sites is 1. The normalized spacial score (nSPS) is 14.5. The summed E-state index contributed by atoms with van der Waals surface area (Å²) in [7, 11) is 1.23. The molecule has 7 nitrogen and oxygen atoms in total. The van der Waals surface area contributed by atoms with Crippen molar-refractivity contribution in [3.8, 4) is 11.5 Å². The third-order valence-electron chi connectivity index (χ3n) is 5.20. The van der Waals surface area contributed by atoms with Crippen LogP contribution in [0.5, 0.6) is 11.5 Å². The van der Waals surface area contributed by atoms with E-state index in [4.69, 9.17) is 21.1 Å². The van der Waals surface area contributed by atoms with Gasteiger partial charge in [0.05, 0.1) is 29.8 Å². The van der Waals surface area contributed by atoms with E-state index in [0.717, 1.165) is 23.5 Å². The van der Waals surface area contributed by atoms with E-state index in [1.807, 2.05) is 0 Å². The Bertz CT molecular complexity index is 1340. The largest absolute Gasteiger partial charge is 0.496 e. The van der Waals surface area contributed by atoms with Gasteiger partial charge in [-0.25, -0.2) is 9.69 Å². The fourth-order valence-electron chi connectivity index (χ4n) is 3.69. The summed E-state index contributed by atoms with van der Waals surface area (Å²) in [5, 5.41) is 10.7. The van der Waals surface area contributed by atoms with Crippen LogP contribution in [0, 0.1) is 0 Å². The molecule has 0 radical (unpaired) electrons. The van der Waals surface area contributed by atoms with Crippen LogP contribution in [0.4, 0.5) is 18.9 Å². The van der Waals surface area contributed by atoms with Crippen LogP contribution in [-0.4, -0.2) is 36.2 Å². The monoisotopic (exact) mass is 525 g/mol. The quantitative estimate of drug-likeness (QED) is 0.426. The standard InChI is InChI=1S/C23H15ClF3NO6S/c1-33-16-5-3-2-4-13(16)20(23(25,26)27)34-12-6-7-14(24)15(9-12)28-17(29)8-11-10-35-19(22(31)32)18(11)21(28)30/h2-7,9-10,20H,8H2,1H3,(H,31,32). The highest BCUT2D eigenvalue weighted by atomic mass is 35.5. The molecule has 1 aliphatic heterocycles. The van der Waals surface area contributed by atoms with E-state index in [9.17, 15) is 32.7 Å². The van der Waals surface area contributed by atoms with Crippen molar-refractivity contribution in [2.75, 3.05) is 12.0 Å². The molecular formula is C23H15ClF3NO6S. The number of benzene rings is 2. The molecule has 4 rings (SSSR count). The first-order valence-electron chi connectivity index (χ1n) is 9.89. The summed E-state index contributed by atoms with van der Waals surface area (Å²) in [6.07, 6.45) is -7.55. The molecule has 12 heteroatoms. The number of carboxylic acid groups (broad SMARTS) is 1. The van der Waals surface area contributed by atoms with E-state index < -0.39 is 30.1 Å². The van der Waals surface area contributed by atoms with E-state index in [0.29, 0.717) is 4.90 Å². The van der Waals surface area contributed by atoms with Crippen molar-refractivity contribution in [1.82, 2.24) is 0 Å². The Labute approximate surface area is 205 Å². The molecule has 3 aromatic rings. The summed E-state index contributed by atoms with van der Waals surface area (Å²) in [6, 6.07) is 8.85. The molecule has 2 aromatic carbocycles. The molecule has 1 atom stereocenters. The van der Waals surface area contributed by atoms with Gasteiger partial charge in [-0.3, -0.25) is 9.59 Å². The molecule has 1 N–H and O–H groups in total. The lowest BCUT2D eigenvalue weighted by atomic mass is 10.0. The summed E-state index contributed by atoms with van der Waals surface area (Å²) in [6.45, 7) is 0. The zero-order chi connectivity index (χ0) is 25.5. The number of rotatable bonds is 6. The number of imide groups is 1. The summed E-state index contributed by atoms with van der Waals surface area (Å²) in [5.41, 5.74) is -0.409. The Kier molecular flexibility index (Phi) is 6.48. The first-order valence-corrected chi connectivity index (χ1v) is 11.2.